The first-order valence-corrected chi connectivity index (χ1v) is 7.83. The Morgan fingerprint density at radius 1 is 1.00 bits per heavy atom. The second-order valence-corrected chi connectivity index (χ2v) is 6.02. The Morgan fingerprint density at radius 2 is 1.74 bits per heavy atom. The lowest BCUT2D eigenvalue weighted by atomic mass is 10.0. The molecule has 0 amide bonds. The molecule has 0 N–H and O–H groups in total. The molecule has 0 unspecified atom stereocenters. The molecule has 0 bridgehead atoms. The highest BCUT2D eigenvalue weighted by atomic mass is 127. The van der Waals surface area contributed by atoms with Gasteiger partial charge in [0, 0.05) is 9.13 Å². The fourth-order valence-electron chi connectivity index (χ4n) is 2.15. The summed E-state index contributed by atoms with van der Waals surface area (Å²) in [5, 5.41) is 0. The topological polar surface area (TPSA) is 0 Å². The molecule has 0 spiro atoms. The van der Waals surface area contributed by atoms with E-state index in [1.807, 2.05) is 24.3 Å². The molecule has 0 atom stereocenters. The molecule has 0 aliphatic carbocycles. The molecule has 2 aromatic carbocycles. The molecule has 0 heterocycles. The highest BCUT2D eigenvalue weighted by Gasteiger charge is 2.05. The number of halogens is 2. The molecule has 0 aliphatic heterocycles. The summed E-state index contributed by atoms with van der Waals surface area (Å²) in [4.78, 5) is 0. The highest BCUT2D eigenvalue weighted by Crippen LogP contribution is 2.24. The number of hydrogen-bond acceptors (Lipinski definition) is 0. The summed E-state index contributed by atoms with van der Waals surface area (Å²) >= 11 is 2.13. The first kappa shape index (κ1) is 14.5. The maximum absolute atomic E-state index is 13.9. The maximum atomic E-state index is 13.9. The van der Waals surface area contributed by atoms with Crippen LogP contribution in [0.5, 0.6) is 0 Å². The Morgan fingerprint density at radius 3 is 2.37 bits per heavy atom. The molecule has 0 fully saturated rings. The van der Waals surface area contributed by atoms with E-state index in [4.69, 9.17) is 0 Å². The first-order chi connectivity index (χ1) is 9.20. The van der Waals surface area contributed by atoms with Crippen LogP contribution in [0.2, 0.25) is 0 Å². The predicted octanol–water partition coefficient (Wildman–Crippen LogP) is 5.83. The molecule has 0 aromatic heterocycles. The van der Waals surface area contributed by atoms with Gasteiger partial charge in [-0.15, -0.1) is 0 Å². The summed E-state index contributed by atoms with van der Waals surface area (Å²) in [6, 6.07) is 13.6. The van der Waals surface area contributed by atoms with Gasteiger partial charge < -0.3 is 0 Å². The van der Waals surface area contributed by atoms with Crippen LogP contribution < -0.4 is 0 Å². The fraction of sp³-hybridized carbons (Fsp3) is 0.294. The van der Waals surface area contributed by atoms with Gasteiger partial charge in [-0.1, -0.05) is 50.1 Å². The minimum absolute atomic E-state index is 0.148. The SMILES string of the molecule is CCCCCc1ccc(-c2ccc(I)cc2F)cc1. The second-order valence-electron chi connectivity index (χ2n) is 4.78. The number of aryl methyl sites for hydroxylation is 1. The normalized spacial score (nSPS) is 10.7. The summed E-state index contributed by atoms with van der Waals surface area (Å²) in [6.45, 7) is 2.21. The van der Waals surface area contributed by atoms with Crippen molar-refractivity contribution in [1.29, 1.82) is 0 Å². The van der Waals surface area contributed by atoms with Gasteiger partial charge in [-0.2, -0.15) is 0 Å². The van der Waals surface area contributed by atoms with Gasteiger partial charge in [0.2, 0.25) is 0 Å². The van der Waals surface area contributed by atoms with Gasteiger partial charge >= 0.3 is 0 Å². The van der Waals surface area contributed by atoms with Gasteiger partial charge in [-0.05, 0) is 58.7 Å². The third kappa shape index (κ3) is 4.03. The zero-order valence-corrected chi connectivity index (χ0v) is 13.3. The van der Waals surface area contributed by atoms with Crippen LogP contribution in [0.25, 0.3) is 11.1 Å². The third-order valence-corrected chi connectivity index (χ3v) is 3.94. The van der Waals surface area contributed by atoms with Crippen LogP contribution in [0.4, 0.5) is 4.39 Å². The van der Waals surface area contributed by atoms with Crippen LogP contribution in [0, 0.1) is 9.39 Å². The zero-order valence-electron chi connectivity index (χ0n) is 11.1. The summed E-state index contributed by atoms with van der Waals surface area (Å²) < 4.78 is 14.8. The van der Waals surface area contributed by atoms with E-state index >= 15 is 0 Å². The number of unbranched alkanes of at least 4 members (excludes halogenated alkanes) is 2. The summed E-state index contributed by atoms with van der Waals surface area (Å²) in [5.41, 5.74) is 2.97. The highest BCUT2D eigenvalue weighted by molar-refractivity contribution is 14.1. The number of rotatable bonds is 5. The van der Waals surface area contributed by atoms with Gasteiger partial charge in [-0.25, -0.2) is 4.39 Å². The lowest BCUT2D eigenvalue weighted by Gasteiger charge is -2.06. The molecule has 100 valence electrons. The van der Waals surface area contributed by atoms with Gasteiger partial charge in [0.15, 0.2) is 0 Å². The van der Waals surface area contributed by atoms with E-state index in [2.05, 4.69) is 41.6 Å². The Bertz CT molecular complexity index is 531. The van der Waals surface area contributed by atoms with Crippen molar-refractivity contribution in [1.82, 2.24) is 0 Å². The van der Waals surface area contributed by atoms with Crippen molar-refractivity contribution in [3.63, 3.8) is 0 Å². The van der Waals surface area contributed by atoms with Gasteiger partial charge in [0.1, 0.15) is 5.82 Å². The van der Waals surface area contributed by atoms with Crippen molar-refractivity contribution in [3.8, 4) is 11.1 Å². The average molecular weight is 368 g/mol. The summed E-state index contributed by atoms with van der Waals surface area (Å²) in [6.07, 6.45) is 4.86. The van der Waals surface area contributed by atoms with Crippen molar-refractivity contribution in [2.24, 2.45) is 0 Å². The molecule has 2 rings (SSSR count). The van der Waals surface area contributed by atoms with Crippen molar-refractivity contribution in [3.05, 3.63) is 57.4 Å². The van der Waals surface area contributed by atoms with E-state index in [-0.39, 0.29) is 5.82 Å². The van der Waals surface area contributed by atoms with Crippen LogP contribution in [-0.4, -0.2) is 0 Å². The molecule has 0 saturated carbocycles. The molecule has 19 heavy (non-hydrogen) atoms. The number of hydrogen-bond donors (Lipinski definition) is 0. The minimum atomic E-state index is -0.148. The average Bonchev–Trinajstić information content (AvgIpc) is 2.40. The van der Waals surface area contributed by atoms with Crippen LogP contribution in [-0.2, 0) is 6.42 Å². The Labute approximate surface area is 128 Å². The van der Waals surface area contributed by atoms with Gasteiger partial charge in [0.05, 0.1) is 0 Å². The van der Waals surface area contributed by atoms with Gasteiger partial charge in [-0.3, -0.25) is 0 Å². The summed E-state index contributed by atoms with van der Waals surface area (Å²) in [7, 11) is 0. The fourth-order valence-corrected chi connectivity index (χ4v) is 2.61. The van der Waals surface area contributed by atoms with Crippen molar-refractivity contribution in [2.45, 2.75) is 32.6 Å². The predicted molar refractivity (Wildman–Crippen MR) is 87.8 cm³/mol. The van der Waals surface area contributed by atoms with E-state index in [0.717, 1.165) is 15.6 Å². The second kappa shape index (κ2) is 7.04. The van der Waals surface area contributed by atoms with E-state index in [1.165, 1.54) is 24.8 Å². The van der Waals surface area contributed by atoms with Crippen molar-refractivity contribution < 1.29 is 4.39 Å². The molecule has 2 heteroatoms. The lowest BCUT2D eigenvalue weighted by molar-refractivity contribution is 0.630. The van der Waals surface area contributed by atoms with Crippen LogP contribution in [0.15, 0.2) is 42.5 Å². The van der Waals surface area contributed by atoms with E-state index < -0.39 is 0 Å². The molecule has 0 saturated heterocycles. The monoisotopic (exact) mass is 368 g/mol. The van der Waals surface area contributed by atoms with Crippen LogP contribution in [0.3, 0.4) is 0 Å². The van der Waals surface area contributed by atoms with E-state index in [1.54, 1.807) is 6.07 Å². The third-order valence-electron chi connectivity index (χ3n) is 3.27. The van der Waals surface area contributed by atoms with Crippen LogP contribution >= 0.6 is 22.6 Å². The van der Waals surface area contributed by atoms with E-state index in [9.17, 15) is 4.39 Å². The molecular formula is C17H18FI. The Hall–Kier alpha value is -0.900. The quantitative estimate of drug-likeness (QED) is 0.460. The lowest BCUT2D eigenvalue weighted by Crippen LogP contribution is -1.88. The Balaban J connectivity index is 2.13. The smallest absolute Gasteiger partial charge is 0.132 e. The molecule has 0 aliphatic rings. The van der Waals surface area contributed by atoms with Crippen molar-refractivity contribution >= 4 is 22.6 Å². The molecular weight excluding hydrogens is 350 g/mol. The maximum Gasteiger partial charge on any atom is 0.132 e. The van der Waals surface area contributed by atoms with E-state index in [0.29, 0.717) is 5.56 Å². The standard InChI is InChI=1S/C17H18FI/c1-2-3-4-5-13-6-8-14(9-7-13)16-11-10-15(19)12-17(16)18/h6-12H,2-5H2,1H3. The molecule has 2 aromatic rings. The Kier molecular flexibility index (Phi) is 5.37. The number of benzene rings is 2. The largest absolute Gasteiger partial charge is 0.206 e. The molecule has 0 nitrogen and oxygen atoms in total. The molecule has 0 radical (unpaired) electrons. The summed E-state index contributed by atoms with van der Waals surface area (Å²) in [5.74, 6) is -0.148. The first-order valence-electron chi connectivity index (χ1n) is 6.75. The van der Waals surface area contributed by atoms with Crippen molar-refractivity contribution in [2.75, 3.05) is 0 Å². The minimum Gasteiger partial charge on any atom is -0.206 e. The zero-order chi connectivity index (χ0) is 13.7. The van der Waals surface area contributed by atoms with Gasteiger partial charge in [0.25, 0.3) is 0 Å². The van der Waals surface area contributed by atoms with Crippen LogP contribution in [0.1, 0.15) is 31.7 Å².